The van der Waals surface area contributed by atoms with Gasteiger partial charge in [-0.2, -0.15) is 0 Å². The number of amides is 3. The molecule has 0 bridgehead atoms. The van der Waals surface area contributed by atoms with Crippen molar-refractivity contribution in [1.29, 1.82) is 0 Å². The van der Waals surface area contributed by atoms with Crippen LogP contribution in [0.4, 0.5) is 4.79 Å². The van der Waals surface area contributed by atoms with Gasteiger partial charge in [0.15, 0.2) is 0 Å². The molecule has 176 valence electrons. The summed E-state index contributed by atoms with van der Waals surface area (Å²) in [6.45, 7) is 10.5. The van der Waals surface area contributed by atoms with E-state index in [2.05, 4.69) is 31.2 Å². The van der Waals surface area contributed by atoms with E-state index in [0.717, 1.165) is 34.3 Å². The zero-order valence-electron chi connectivity index (χ0n) is 19.6. The molecule has 0 spiro atoms. The Balaban J connectivity index is 1.47. The van der Waals surface area contributed by atoms with E-state index in [0.29, 0.717) is 10.7 Å². The lowest BCUT2D eigenvalue weighted by molar-refractivity contribution is -0.123. The second kappa shape index (κ2) is 10.6. The predicted octanol–water partition coefficient (Wildman–Crippen LogP) is 4.67. The maximum absolute atomic E-state index is 12.7. The minimum absolute atomic E-state index is 0.0493. The molecule has 7 nitrogen and oxygen atoms in total. The number of carbonyl (C=O) groups is 3. The van der Waals surface area contributed by atoms with E-state index < -0.39 is 0 Å². The van der Waals surface area contributed by atoms with Gasteiger partial charge in [-0.05, 0) is 48.2 Å². The summed E-state index contributed by atoms with van der Waals surface area (Å²) >= 11 is 2.39. The average molecular weight is 488 g/mol. The Labute approximate surface area is 202 Å². The molecule has 1 aliphatic heterocycles. The molecule has 1 fully saturated rings. The number of benzene rings is 1. The van der Waals surface area contributed by atoms with Crippen molar-refractivity contribution in [2.45, 2.75) is 45.8 Å². The maximum Gasteiger partial charge on any atom is 0.293 e. The molecule has 9 heteroatoms. The van der Waals surface area contributed by atoms with Crippen molar-refractivity contribution in [3.8, 4) is 0 Å². The Hall–Kier alpha value is -2.52. The number of carbonyl (C=O) groups excluding carboxylic acids is 3. The molecular weight excluding hydrogens is 458 g/mol. The summed E-state index contributed by atoms with van der Waals surface area (Å²) in [7, 11) is 0. The van der Waals surface area contributed by atoms with Crippen LogP contribution in [0.2, 0.25) is 0 Å². The van der Waals surface area contributed by atoms with Gasteiger partial charge in [-0.1, -0.05) is 50.2 Å². The van der Waals surface area contributed by atoms with E-state index >= 15 is 0 Å². The van der Waals surface area contributed by atoms with Gasteiger partial charge < -0.3 is 9.84 Å². The summed E-state index contributed by atoms with van der Waals surface area (Å²) in [6.07, 6.45) is 1.74. The van der Waals surface area contributed by atoms with Crippen molar-refractivity contribution in [2.75, 3.05) is 18.8 Å². The number of nitrogens with zero attached hydrogens (tertiary/aromatic N) is 2. The van der Waals surface area contributed by atoms with Crippen molar-refractivity contribution in [3.05, 3.63) is 57.3 Å². The molecule has 0 radical (unpaired) electrons. The van der Waals surface area contributed by atoms with Gasteiger partial charge >= 0.3 is 0 Å². The first-order chi connectivity index (χ1) is 15.6. The lowest BCUT2D eigenvalue weighted by Gasteiger charge is -2.18. The first-order valence-corrected chi connectivity index (χ1v) is 12.7. The zero-order chi connectivity index (χ0) is 24.2. The van der Waals surface area contributed by atoms with Crippen LogP contribution < -0.4 is 5.32 Å². The van der Waals surface area contributed by atoms with Gasteiger partial charge in [-0.15, -0.1) is 11.8 Å². The summed E-state index contributed by atoms with van der Waals surface area (Å²) < 4.78 is 5.12. The standard InChI is InChI=1S/C24H29N3O4S2/c1-15-19(16(2)31-26-15)13-32-14-21(28)25-10-11-27-22(29)20(33-23(27)30)12-17-6-8-18(9-7-17)24(3,4)5/h6-9,12H,10-11,13-14H2,1-5H3,(H,25,28)/b20-12+. The topological polar surface area (TPSA) is 92.5 Å². The number of aromatic nitrogens is 1. The highest BCUT2D eigenvalue weighted by Crippen LogP contribution is 2.32. The molecule has 1 aromatic carbocycles. The Morgan fingerprint density at radius 1 is 1.21 bits per heavy atom. The van der Waals surface area contributed by atoms with Crippen LogP contribution in [-0.2, 0) is 20.8 Å². The maximum atomic E-state index is 12.7. The van der Waals surface area contributed by atoms with Crippen LogP contribution in [0.5, 0.6) is 0 Å². The minimum Gasteiger partial charge on any atom is -0.361 e. The molecule has 0 aliphatic carbocycles. The van der Waals surface area contributed by atoms with Crippen molar-refractivity contribution in [2.24, 2.45) is 0 Å². The number of hydrogen-bond donors (Lipinski definition) is 1. The normalized spacial score (nSPS) is 15.5. The van der Waals surface area contributed by atoms with Gasteiger partial charge in [0, 0.05) is 24.4 Å². The summed E-state index contributed by atoms with van der Waals surface area (Å²) in [4.78, 5) is 38.7. The van der Waals surface area contributed by atoms with E-state index in [1.165, 1.54) is 22.2 Å². The number of imide groups is 1. The molecule has 3 amide bonds. The van der Waals surface area contributed by atoms with Crippen molar-refractivity contribution >= 4 is 46.7 Å². The SMILES string of the molecule is Cc1noc(C)c1CSCC(=O)NCCN1C(=O)S/C(=C/c2ccc(C(C)(C)C)cc2)C1=O. The van der Waals surface area contributed by atoms with E-state index in [-0.39, 0.29) is 41.3 Å². The van der Waals surface area contributed by atoms with Crippen LogP contribution in [0.1, 0.15) is 48.9 Å². The zero-order valence-corrected chi connectivity index (χ0v) is 21.2. The molecule has 2 aromatic rings. The van der Waals surface area contributed by atoms with Gasteiger partial charge in [-0.3, -0.25) is 19.3 Å². The number of aryl methyl sites for hydroxylation is 2. The number of hydrogen-bond acceptors (Lipinski definition) is 7. The number of thioether (sulfide) groups is 2. The second-order valence-electron chi connectivity index (χ2n) is 8.85. The highest BCUT2D eigenvalue weighted by Gasteiger charge is 2.34. The van der Waals surface area contributed by atoms with E-state index in [1.54, 1.807) is 6.08 Å². The van der Waals surface area contributed by atoms with Crippen LogP contribution in [0.15, 0.2) is 33.7 Å². The average Bonchev–Trinajstić information content (AvgIpc) is 3.20. The minimum atomic E-state index is -0.327. The summed E-state index contributed by atoms with van der Waals surface area (Å²) in [5.41, 5.74) is 3.96. The van der Waals surface area contributed by atoms with Gasteiger partial charge in [0.25, 0.3) is 11.1 Å². The highest BCUT2D eigenvalue weighted by molar-refractivity contribution is 8.18. The highest BCUT2D eigenvalue weighted by atomic mass is 32.2. The van der Waals surface area contributed by atoms with E-state index in [9.17, 15) is 14.4 Å². The van der Waals surface area contributed by atoms with Crippen LogP contribution in [0.25, 0.3) is 6.08 Å². The fourth-order valence-corrected chi connectivity index (χ4v) is 5.11. The smallest absolute Gasteiger partial charge is 0.293 e. The molecule has 1 aromatic heterocycles. The lowest BCUT2D eigenvalue weighted by atomic mass is 9.87. The molecule has 0 atom stereocenters. The fraction of sp³-hybridized carbons (Fsp3) is 0.417. The van der Waals surface area contributed by atoms with E-state index in [4.69, 9.17) is 4.52 Å². The largest absolute Gasteiger partial charge is 0.361 e. The molecule has 0 unspecified atom stereocenters. The molecule has 1 saturated heterocycles. The van der Waals surface area contributed by atoms with Crippen molar-refractivity contribution < 1.29 is 18.9 Å². The van der Waals surface area contributed by atoms with Gasteiger partial charge in [0.2, 0.25) is 5.91 Å². The first kappa shape index (κ1) is 25.1. The molecule has 2 heterocycles. The summed E-state index contributed by atoms with van der Waals surface area (Å²) in [5.74, 6) is 1.20. The van der Waals surface area contributed by atoms with Crippen molar-refractivity contribution in [3.63, 3.8) is 0 Å². The Morgan fingerprint density at radius 3 is 2.52 bits per heavy atom. The van der Waals surface area contributed by atoms with Crippen LogP contribution >= 0.6 is 23.5 Å². The van der Waals surface area contributed by atoms with Gasteiger partial charge in [0.05, 0.1) is 16.4 Å². The van der Waals surface area contributed by atoms with Crippen LogP contribution in [0, 0.1) is 13.8 Å². The second-order valence-corrected chi connectivity index (χ2v) is 10.8. The lowest BCUT2D eigenvalue weighted by Crippen LogP contribution is -2.37. The third kappa shape index (κ3) is 6.51. The van der Waals surface area contributed by atoms with Crippen LogP contribution in [0.3, 0.4) is 0 Å². The molecule has 3 rings (SSSR count). The molecule has 33 heavy (non-hydrogen) atoms. The molecule has 1 aliphatic rings. The van der Waals surface area contributed by atoms with Gasteiger partial charge in [0.1, 0.15) is 5.76 Å². The monoisotopic (exact) mass is 487 g/mol. The van der Waals surface area contributed by atoms with Crippen LogP contribution in [-0.4, -0.2) is 46.0 Å². The predicted molar refractivity (Wildman–Crippen MR) is 133 cm³/mol. The van der Waals surface area contributed by atoms with Gasteiger partial charge in [-0.25, -0.2) is 0 Å². The first-order valence-electron chi connectivity index (χ1n) is 10.7. The fourth-order valence-electron chi connectivity index (χ4n) is 3.24. The van der Waals surface area contributed by atoms with Crippen molar-refractivity contribution in [1.82, 2.24) is 15.4 Å². The summed E-state index contributed by atoms with van der Waals surface area (Å²) in [6, 6.07) is 7.98. The third-order valence-corrected chi connectivity index (χ3v) is 7.13. The molecular formula is C24H29N3O4S2. The summed E-state index contributed by atoms with van der Waals surface area (Å²) in [5, 5.41) is 6.35. The Bertz CT molecular complexity index is 1050. The van der Waals surface area contributed by atoms with E-state index in [1.807, 2.05) is 38.1 Å². The Morgan fingerprint density at radius 2 is 1.91 bits per heavy atom. The number of rotatable bonds is 8. The molecule has 1 N–H and O–H groups in total. The number of nitrogens with one attached hydrogen (secondary N) is 1. The third-order valence-electron chi connectivity index (χ3n) is 5.27. The molecule has 0 saturated carbocycles. The quantitative estimate of drug-likeness (QED) is 0.541. The Kier molecular flexibility index (Phi) is 8.07.